The zero-order chi connectivity index (χ0) is 15.2. The number of carbonyl (C=O) groups is 2. The third kappa shape index (κ3) is 4.27. The van der Waals surface area contributed by atoms with E-state index in [0.29, 0.717) is 16.8 Å². The second-order valence-electron chi connectivity index (χ2n) is 5.11. The van der Waals surface area contributed by atoms with E-state index in [0.717, 1.165) is 25.7 Å². The molecule has 1 amide bonds. The highest BCUT2D eigenvalue weighted by atomic mass is 79.9. The van der Waals surface area contributed by atoms with E-state index in [2.05, 4.69) is 26.2 Å². The molecular formula is C15H19BrN2O3. The van der Waals surface area contributed by atoms with Gasteiger partial charge in [-0.2, -0.15) is 0 Å². The minimum atomic E-state index is -0.179. The Morgan fingerprint density at radius 2 is 2.10 bits per heavy atom. The number of nitrogens with zero attached hydrogens (tertiary/aromatic N) is 1. The SMILES string of the molecule is CCOC(=O)C1CCC(NC(=O)c2ncccc2Br)CC1. The summed E-state index contributed by atoms with van der Waals surface area (Å²) in [6.07, 6.45) is 4.69. The topological polar surface area (TPSA) is 68.3 Å². The number of hydrogen-bond donors (Lipinski definition) is 1. The Morgan fingerprint density at radius 3 is 2.71 bits per heavy atom. The fourth-order valence-corrected chi connectivity index (χ4v) is 2.98. The molecule has 0 saturated heterocycles. The molecule has 0 aliphatic heterocycles. The van der Waals surface area contributed by atoms with Crippen molar-refractivity contribution in [3.63, 3.8) is 0 Å². The zero-order valence-corrected chi connectivity index (χ0v) is 13.6. The lowest BCUT2D eigenvalue weighted by atomic mass is 9.86. The van der Waals surface area contributed by atoms with Crippen LogP contribution in [0.15, 0.2) is 22.8 Å². The van der Waals surface area contributed by atoms with Crippen LogP contribution >= 0.6 is 15.9 Å². The maximum Gasteiger partial charge on any atom is 0.308 e. The Hall–Kier alpha value is -1.43. The lowest BCUT2D eigenvalue weighted by molar-refractivity contribution is -0.149. The van der Waals surface area contributed by atoms with E-state index in [-0.39, 0.29) is 23.8 Å². The Morgan fingerprint density at radius 1 is 1.38 bits per heavy atom. The first-order valence-electron chi connectivity index (χ1n) is 7.19. The average molecular weight is 355 g/mol. The van der Waals surface area contributed by atoms with Gasteiger partial charge in [0.1, 0.15) is 5.69 Å². The summed E-state index contributed by atoms with van der Waals surface area (Å²) in [5.41, 5.74) is 0.394. The maximum absolute atomic E-state index is 12.2. The molecule has 6 heteroatoms. The van der Waals surface area contributed by atoms with Gasteiger partial charge in [0, 0.05) is 16.7 Å². The van der Waals surface area contributed by atoms with Gasteiger partial charge in [0.25, 0.3) is 5.91 Å². The minimum absolute atomic E-state index is 0.0281. The molecule has 1 aliphatic rings. The number of rotatable bonds is 4. The summed E-state index contributed by atoms with van der Waals surface area (Å²) < 4.78 is 5.72. The summed E-state index contributed by atoms with van der Waals surface area (Å²) in [6, 6.07) is 3.66. The summed E-state index contributed by atoms with van der Waals surface area (Å²) in [6.45, 7) is 2.23. The first-order chi connectivity index (χ1) is 10.1. The van der Waals surface area contributed by atoms with Crippen molar-refractivity contribution in [2.45, 2.75) is 38.6 Å². The third-order valence-corrected chi connectivity index (χ3v) is 4.30. The molecule has 1 aliphatic carbocycles. The first kappa shape index (κ1) is 15.9. The molecule has 1 saturated carbocycles. The van der Waals surface area contributed by atoms with E-state index in [1.54, 1.807) is 18.3 Å². The molecule has 0 aromatic carbocycles. The molecule has 1 fully saturated rings. The molecule has 114 valence electrons. The van der Waals surface area contributed by atoms with Gasteiger partial charge in [0.2, 0.25) is 0 Å². The average Bonchev–Trinajstić information content (AvgIpc) is 2.48. The van der Waals surface area contributed by atoms with Crippen molar-refractivity contribution in [1.82, 2.24) is 10.3 Å². The van der Waals surface area contributed by atoms with Crippen LogP contribution in [0.2, 0.25) is 0 Å². The molecule has 0 spiro atoms. The van der Waals surface area contributed by atoms with Crippen LogP contribution in [0.5, 0.6) is 0 Å². The second-order valence-corrected chi connectivity index (χ2v) is 5.96. The van der Waals surface area contributed by atoms with E-state index in [4.69, 9.17) is 4.74 Å². The number of nitrogens with one attached hydrogen (secondary N) is 1. The molecule has 21 heavy (non-hydrogen) atoms. The fourth-order valence-electron chi connectivity index (χ4n) is 2.54. The van der Waals surface area contributed by atoms with Crippen LogP contribution in [0.4, 0.5) is 0 Å². The molecule has 1 aromatic rings. The van der Waals surface area contributed by atoms with Crippen LogP contribution in [-0.2, 0) is 9.53 Å². The van der Waals surface area contributed by atoms with Crippen LogP contribution in [0, 0.1) is 5.92 Å². The summed E-state index contributed by atoms with van der Waals surface area (Å²) in [7, 11) is 0. The summed E-state index contributed by atoms with van der Waals surface area (Å²) in [5.74, 6) is -0.323. The number of amides is 1. The van der Waals surface area contributed by atoms with Crippen LogP contribution in [0.25, 0.3) is 0 Å². The van der Waals surface area contributed by atoms with E-state index in [9.17, 15) is 9.59 Å². The number of carbonyl (C=O) groups excluding carboxylic acids is 2. The fraction of sp³-hybridized carbons (Fsp3) is 0.533. The van der Waals surface area contributed by atoms with Gasteiger partial charge in [-0.25, -0.2) is 4.98 Å². The van der Waals surface area contributed by atoms with Crippen molar-refractivity contribution in [1.29, 1.82) is 0 Å². The quantitative estimate of drug-likeness (QED) is 0.844. The number of ether oxygens (including phenoxy) is 1. The van der Waals surface area contributed by atoms with Crippen molar-refractivity contribution < 1.29 is 14.3 Å². The molecule has 0 atom stereocenters. The van der Waals surface area contributed by atoms with Gasteiger partial charge in [-0.3, -0.25) is 9.59 Å². The Balaban J connectivity index is 1.85. The highest BCUT2D eigenvalue weighted by Crippen LogP contribution is 2.26. The number of pyridine rings is 1. The van der Waals surface area contributed by atoms with Crippen molar-refractivity contribution >= 4 is 27.8 Å². The van der Waals surface area contributed by atoms with Crippen molar-refractivity contribution in [3.8, 4) is 0 Å². The molecule has 1 aromatic heterocycles. The maximum atomic E-state index is 12.2. The Kier molecular flexibility index (Phi) is 5.73. The molecular weight excluding hydrogens is 336 g/mol. The Bertz CT molecular complexity index is 513. The van der Waals surface area contributed by atoms with E-state index < -0.39 is 0 Å². The molecule has 2 rings (SSSR count). The number of halogens is 1. The van der Waals surface area contributed by atoms with Gasteiger partial charge < -0.3 is 10.1 Å². The normalized spacial score (nSPS) is 21.6. The van der Waals surface area contributed by atoms with E-state index in [1.807, 2.05) is 6.92 Å². The van der Waals surface area contributed by atoms with Crippen molar-refractivity contribution in [2.75, 3.05) is 6.61 Å². The van der Waals surface area contributed by atoms with Gasteiger partial charge in [-0.15, -0.1) is 0 Å². The first-order valence-corrected chi connectivity index (χ1v) is 7.99. The summed E-state index contributed by atoms with van der Waals surface area (Å²) in [5, 5.41) is 2.98. The van der Waals surface area contributed by atoms with Gasteiger partial charge in [-0.05, 0) is 60.7 Å². The van der Waals surface area contributed by atoms with Crippen LogP contribution in [-0.4, -0.2) is 29.5 Å². The summed E-state index contributed by atoms with van der Waals surface area (Å²) in [4.78, 5) is 27.9. The standard InChI is InChI=1S/C15H19BrN2O3/c1-2-21-15(20)10-5-7-11(8-6-10)18-14(19)13-12(16)4-3-9-17-13/h3-4,9-11H,2,5-8H2,1H3,(H,18,19). The minimum Gasteiger partial charge on any atom is -0.466 e. The largest absolute Gasteiger partial charge is 0.466 e. The highest BCUT2D eigenvalue weighted by Gasteiger charge is 2.28. The summed E-state index contributed by atoms with van der Waals surface area (Å²) >= 11 is 3.32. The van der Waals surface area contributed by atoms with E-state index >= 15 is 0 Å². The highest BCUT2D eigenvalue weighted by molar-refractivity contribution is 9.10. The van der Waals surface area contributed by atoms with Crippen LogP contribution in [0.1, 0.15) is 43.1 Å². The molecule has 0 bridgehead atoms. The monoisotopic (exact) mass is 354 g/mol. The molecule has 0 unspecified atom stereocenters. The van der Waals surface area contributed by atoms with E-state index in [1.165, 1.54) is 0 Å². The van der Waals surface area contributed by atoms with Gasteiger partial charge >= 0.3 is 5.97 Å². The third-order valence-electron chi connectivity index (χ3n) is 3.66. The molecule has 1 heterocycles. The van der Waals surface area contributed by atoms with Crippen LogP contribution < -0.4 is 5.32 Å². The second kappa shape index (κ2) is 7.54. The zero-order valence-electron chi connectivity index (χ0n) is 12.0. The predicted molar refractivity (Wildman–Crippen MR) is 81.8 cm³/mol. The van der Waals surface area contributed by atoms with Gasteiger partial charge in [-0.1, -0.05) is 0 Å². The number of hydrogen-bond acceptors (Lipinski definition) is 4. The van der Waals surface area contributed by atoms with Crippen LogP contribution in [0.3, 0.4) is 0 Å². The van der Waals surface area contributed by atoms with Gasteiger partial charge in [0.15, 0.2) is 0 Å². The lowest BCUT2D eigenvalue weighted by Crippen LogP contribution is -2.39. The van der Waals surface area contributed by atoms with Crippen molar-refractivity contribution in [3.05, 3.63) is 28.5 Å². The molecule has 5 nitrogen and oxygen atoms in total. The lowest BCUT2D eigenvalue weighted by Gasteiger charge is -2.27. The smallest absolute Gasteiger partial charge is 0.308 e. The number of aromatic nitrogens is 1. The molecule has 1 N–H and O–H groups in total. The Labute approximate surface area is 132 Å². The van der Waals surface area contributed by atoms with Gasteiger partial charge in [0.05, 0.1) is 12.5 Å². The molecule has 0 radical (unpaired) electrons. The van der Waals surface area contributed by atoms with Crippen molar-refractivity contribution in [2.24, 2.45) is 5.92 Å². The predicted octanol–water partition coefficient (Wildman–Crippen LogP) is 2.70. The number of esters is 1.